The van der Waals surface area contributed by atoms with E-state index in [0.717, 1.165) is 6.61 Å². The zero-order valence-corrected chi connectivity index (χ0v) is 11.3. The highest BCUT2D eigenvalue weighted by atomic mass is 17.2. The monoisotopic (exact) mass is 223 g/mol. The second-order valence-electron chi connectivity index (χ2n) is 5.67. The summed E-state index contributed by atoms with van der Waals surface area (Å²) in [5.41, 5.74) is 0. The van der Waals surface area contributed by atoms with Gasteiger partial charge in [-0.1, -0.05) is 59.5 Å². The summed E-state index contributed by atoms with van der Waals surface area (Å²) in [6, 6.07) is 0. The van der Waals surface area contributed by atoms with Crippen LogP contribution in [0.4, 0.5) is 0 Å². The summed E-state index contributed by atoms with van der Waals surface area (Å²) in [7, 11) is 2.39. The molecule has 1 atom stereocenters. The minimum Gasteiger partial charge on any atom is -0.305 e. The Morgan fingerprint density at radius 2 is 1.81 bits per heavy atom. The fourth-order valence-electron chi connectivity index (χ4n) is 1.88. The largest absolute Gasteiger partial charge is 0.343 e. The summed E-state index contributed by atoms with van der Waals surface area (Å²) in [6.45, 7) is 9.60. The molecule has 2 aliphatic heterocycles. The molecule has 0 spiro atoms. The second-order valence-corrected chi connectivity index (χ2v) is 5.67. The maximum atomic E-state index is 5.06. The van der Waals surface area contributed by atoms with Crippen LogP contribution in [-0.2, 0) is 9.69 Å². The van der Waals surface area contributed by atoms with Crippen LogP contribution in [0.3, 0.4) is 0 Å². The molecule has 0 aliphatic carbocycles. The minimum absolute atomic E-state index is 0.205. The predicted molar refractivity (Wildman–Crippen MR) is 71.1 cm³/mol. The highest BCUT2D eigenvalue weighted by Crippen LogP contribution is 2.40. The van der Waals surface area contributed by atoms with E-state index in [4.69, 9.17) is 9.69 Å². The van der Waals surface area contributed by atoms with E-state index >= 15 is 0 Å². The third kappa shape index (κ3) is 4.14. The lowest BCUT2D eigenvalue weighted by Gasteiger charge is -2.38. The molecular weight excluding hydrogens is 198 g/mol. The van der Waals surface area contributed by atoms with Gasteiger partial charge in [0.2, 0.25) is 0 Å². The average Bonchev–Trinajstić information content (AvgIpc) is 2.30. The smallest absolute Gasteiger partial charge is 0.305 e. The molecule has 1 radical (unpaired) electrons. The molecular formula is C12H25B2O2. The van der Waals surface area contributed by atoms with Gasteiger partial charge in [-0.15, -0.1) is 0 Å². The Balaban J connectivity index is 0.000000181. The molecule has 2 nitrogen and oxygen atoms in total. The van der Waals surface area contributed by atoms with Gasteiger partial charge >= 0.3 is 6.92 Å². The van der Waals surface area contributed by atoms with Gasteiger partial charge < -0.3 is 4.81 Å². The summed E-state index contributed by atoms with van der Waals surface area (Å²) in [4.78, 5) is 9.99. The molecule has 2 fully saturated rings. The van der Waals surface area contributed by atoms with Crippen LogP contribution in [0.15, 0.2) is 0 Å². The van der Waals surface area contributed by atoms with Gasteiger partial charge in [-0.2, -0.15) is 0 Å². The normalized spacial score (nSPS) is 28.8. The summed E-state index contributed by atoms with van der Waals surface area (Å²) < 4.78 is 0. The van der Waals surface area contributed by atoms with E-state index in [-0.39, 0.29) is 12.2 Å². The van der Waals surface area contributed by atoms with E-state index in [1.54, 1.807) is 0 Å². The van der Waals surface area contributed by atoms with E-state index in [1.807, 2.05) is 0 Å². The molecule has 0 aromatic rings. The van der Waals surface area contributed by atoms with Crippen LogP contribution >= 0.6 is 0 Å². The zero-order valence-electron chi connectivity index (χ0n) is 11.3. The van der Waals surface area contributed by atoms with Crippen molar-refractivity contribution in [1.29, 1.82) is 0 Å². The van der Waals surface area contributed by atoms with E-state index in [0.29, 0.717) is 5.92 Å². The van der Waals surface area contributed by atoms with Crippen LogP contribution in [0.25, 0.3) is 0 Å². The predicted octanol–water partition coefficient (Wildman–Crippen LogP) is 3.70. The topological polar surface area (TPSA) is 18.5 Å². The van der Waals surface area contributed by atoms with Crippen LogP contribution < -0.4 is 0 Å². The van der Waals surface area contributed by atoms with E-state index in [9.17, 15) is 0 Å². The van der Waals surface area contributed by atoms with Crippen LogP contribution in [0.2, 0.25) is 24.8 Å². The lowest BCUT2D eigenvalue weighted by Crippen LogP contribution is -2.40. The van der Waals surface area contributed by atoms with Crippen molar-refractivity contribution < 1.29 is 9.69 Å². The van der Waals surface area contributed by atoms with Gasteiger partial charge in [0.05, 0.1) is 6.61 Å². The van der Waals surface area contributed by atoms with Gasteiger partial charge in [-0.05, 0) is 11.2 Å². The standard InChI is InChI=1S/C7H15BO2.C5H10B/c1-6-5-9-10-8(4)7(6,2)3;1-2-4-6-5-3-1/h6H,5H2,1-4H3;1-5H2. The highest BCUT2D eigenvalue weighted by molar-refractivity contribution is 6.53. The molecule has 2 rings (SSSR count). The molecule has 2 aliphatic rings. The molecule has 2 saturated heterocycles. The molecule has 16 heavy (non-hydrogen) atoms. The van der Waals surface area contributed by atoms with Gasteiger partial charge in [0.1, 0.15) is 7.28 Å². The van der Waals surface area contributed by atoms with Crippen LogP contribution in [0, 0.1) is 5.92 Å². The summed E-state index contributed by atoms with van der Waals surface area (Å²) in [6.07, 6.45) is 7.11. The van der Waals surface area contributed by atoms with Crippen molar-refractivity contribution in [2.45, 2.75) is 64.8 Å². The molecule has 1 unspecified atom stereocenters. The van der Waals surface area contributed by atoms with E-state index in [2.05, 4.69) is 34.9 Å². The Kier molecular flexibility index (Phi) is 5.91. The number of rotatable bonds is 0. The number of hydrogen-bond acceptors (Lipinski definition) is 2. The molecule has 0 aromatic carbocycles. The summed E-state index contributed by atoms with van der Waals surface area (Å²) >= 11 is 0. The third-order valence-electron chi connectivity index (χ3n) is 4.16. The maximum absolute atomic E-state index is 5.06. The molecule has 0 amide bonds. The maximum Gasteiger partial charge on any atom is 0.343 e. The Labute approximate surface area is 102 Å². The zero-order chi connectivity index (χ0) is 12.0. The van der Waals surface area contributed by atoms with Crippen LogP contribution in [0.5, 0.6) is 0 Å². The third-order valence-corrected chi connectivity index (χ3v) is 4.16. The van der Waals surface area contributed by atoms with Crippen molar-refractivity contribution in [2.24, 2.45) is 5.92 Å². The first kappa shape index (κ1) is 14.1. The van der Waals surface area contributed by atoms with Crippen LogP contribution in [0.1, 0.15) is 40.0 Å². The first-order valence-corrected chi connectivity index (χ1v) is 6.65. The van der Waals surface area contributed by atoms with Gasteiger partial charge in [0.15, 0.2) is 0 Å². The molecule has 0 aromatic heterocycles. The second kappa shape index (κ2) is 6.70. The van der Waals surface area contributed by atoms with Crippen molar-refractivity contribution in [3.63, 3.8) is 0 Å². The SMILES string of the molecule is CB1OOCC(C)C1(C)C.[B]1CCCCC1. The summed E-state index contributed by atoms with van der Waals surface area (Å²) in [5, 5.41) is 0.248. The molecule has 0 bridgehead atoms. The quantitative estimate of drug-likeness (QED) is 0.460. The molecule has 0 saturated carbocycles. The van der Waals surface area contributed by atoms with Gasteiger partial charge in [-0.3, -0.25) is 4.89 Å². The van der Waals surface area contributed by atoms with Crippen molar-refractivity contribution in [3.8, 4) is 0 Å². The molecule has 2 heterocycles. The Hall–Kier alpha value is 0.0499. The van der Waals surface area contributed by atoms with Gasteiger partial charge in [-0.25, -0.2) is 0 Å². The lowest BCUT2D eigenvalue weighted by atomic mass is 9.44. The van der Waals surface area contributed by atoms with E-state index < -0.39 is 0 Å². The van der Waals surface area contributed by atoms with Gasteiger partial charge in [0.25, 0.3) is 0 Å². The molecule has 91 valence electrons. The van der Waals surface area contributed by atoms with Crippen molar-refractivity contribution in [1.82, 2.24) is 0 Å². The first-order valence-electron chi connectivity index (χ1n) is 6.65. The Bertz CT molecular complexity index is 170. The summed E-state index contributed by atoms with van der Waals surface area (Å²) in [5.74, 6) is 0.580. The van der Waals surface area contributed by atoms with Crippen molar-refractivity contribution in [2.75, 3.05) is 6.61 Å². The van der Waals surface area contributed by atoms with Crippen molar-refractivity contribution >= 4 is 14.2 Å². The minimum atomic E-state index is 0.205. The lowest BCUT2D eigenvalue weighted by molar-refractivity contribution is -0.242. The fraction of sp³-hybridized carbons (Fsp3) is 1.00. The fourth-order valence-corrected chi connectivity index (χ4v) is 1.88. The van der Waals surface area contributed by atoms with Crippen LogP contribution in [-0.4, -0.2) is 20.8 Å². The first-order chi connectivity index (χ1) is 7.55. The van der Waals surface area contributed by atoms with Gasteiger partial charge in [0, 0.05) is 0 Å². The Morgan fingerprint density at radius 1 is 1.19 bits per heavy atom. The average molecular weight is 223 g/mol. The highest BCUT2D eigenvalue weighted by Gasteiger charge is 2.40. The Morgan fingerprint density at radius 3 is 2.12 bits per heavy atom. The van der Waals surface area contributed by atoms with E-state index in [1.165, 1.54) is 31.9 Å². The molecule has 4 heteroatoms. The number of hydrogen-bond donors (Lipinski definition) is 0. The van der Waals surface area contributed by atoms with Crippen molar-refractivity contribution in [3.05, 3.63) is 0 Å². The molecule has 0 N–H and O–H groups in total.